The van der Waals surface area contributed by atoms with Crippen molar-refractivity contribution in [3.05, 3.63) is 60.8 Å². The topological polar surface area (TPSA) is 78.9 Å². The second-order valence-corrected chi connectivity index (χ2v) is 22.4. The van der Waals surface area contributed by atoms with Crippen LogP contribution in [0.3, 0.4) is 0 Å². The first-order valence-corrected chi connectivity index (χ1v) is 33.3. The number of unbranched alkanes of at least 4 members (excludes halogenated alkanes) is 40. The number of hydrogen-bond donors (Lipinski definition) is 0. The summed E-state index contributed by atoms with van der Waals surface area (Å²) in [6, 6.07) is 0. The summed E-state index contributed by atoms with van der Waals surface area (Å²) in [4.78, 5) is 38.4. The predicted octanol–water partition coefficient (Wildman–Crippen LogP) is 22.7. The van der Waals surface area contributed by atoms with Crippen molar-refractivity contribution in [3.8, 4) is 0 Å². The minimum Gasteiger partial charge on any atom is -0.462 e. The standard InChI is InChI=1S/C70H126O6/c1-4-7-10-13-16-19-22-25-28-31-33-34-35-36-38-39-42-45-48-51-54-57-60-63-69(72)75-66-67(65-74-68(71)62-59-56-53-50-47-44-41-30-27-24-21-18-15-12-9-6-3)76-70(73)64-61-58-55-52-49-46-43-40-37-32-29-26-23-20-17-14-11-8-5-2/h7,10,16,19,25,28,33-34,36,38,67H,4-6,8-9,11-15,17-18,20-24,26-27,29-32,35,37,39-66H2,1-3H3/b10-7-,19-16-,28-25-,34-33-,38-36-. The van der Waals surface area contributed by atoms with Crippen molar-refractivity contribution in [2.75, 3.05) is 13.2 Å². The lowest BCUT2D eigenvalue weighted by Gasteiger charge is -2.18. The SMILES string of the molecule is CC/C=C\C/C=C\C/C=C\C/C=C\C/C=C\CCCCCCCCCC(=O)OCC(COC(=O)CCCCCCCCCCCCCCCCCC)OC(=O)CCCCCCCCCCCCCCCCCCCCC. The smallest absolute Gasteiger partial charge is 0.306 e. The normalized spacial score (nSPS) is 12.4. The lowest BCUT2D eigenvalue weighted by molar-refractivity contribution is -0.167. The molecule has 0 rings (SSSR count). The molecule has 0 aliphatic heterocycles. The molecule has 0 saturated heterocycles. The van der Waals surface area contributed by atoms with Crippen LogP contribution in [0.4, 0.5) is 0 Å². The first-order chi connectivity index (χ1) is 37.5. The lowest BCUT2D eigenvalue weighted by atomic mass is 10.0. The van der Waals surface area contributed by atoms with Crippen molar-refractivity contribution < 1.29 is 28.6 Å². The molecule has 0 saturated carbocycles. The molecule has 6 nitrogen and oxygen atoms in total. The third-order valence-corrected chi connectivity index (χ3v) is 14.8. The van der Waals surface area contributed by atoms with Gasteiger partial charge in [-0.15, -0.1) is 0 Å². The number of esters is 3. The fourth-order valence-corrected chi connectivity index (χ4v) is 9.83. The Morgan fingerprint density at radius 1 is 0.276 bits per heavy atom. The molecule has 0 radical (unpaired) electrons. The van der Waals surface area contributed by atoms with E-state index in [1.54, 1.807) is 0 Å². The Morgan fingerprint density at radius 3 is 0.803 bits per heavy atom. The molecule has 0 aliphatic carbocycles. The largest absolute Gasteiger partial charge is 0.462 e. The summed E-state index contributed by atoms with van der Waals surface area (Å²) < 4.78 is 17.0. The van der Waals surface area contributed by atoms with Gasteiger partial charge in [-0.1, -0.05) is 326 Å². The average molecular weight is 1060 g/mol. The highest BCUT2D eigenvalue weighted by Crippen LogP contribution is 2.18. The molecule has 0 aromatic carbocycles. The molecule has 0 spiro atoms. The van der Waals surface area contributed by atoms with Crippen molar-refractivity contribution in [1.82, 2.24) is 0 Å². The molecule has 0 heterocycles. The number of hydrogen-bond acceptors (Lipinski definition) is 6. The lowest BCUT2D eigenvalue weighted by Crippen LogP contribution is -2.30. The summed E-state index contributed by atoms with van der Waals surface area (Å²) in [6.07, 6.45) is 82.2. The van der Waals surface area contributed by atoms with Gasteiger partial charge in [0.25, 0.3) is 0 Å². The van der Waals surface area contributed by atoms with Gasteiger partial charge in [0.05, 0.1) is 0 Å². The Balaban J connectivity index is 4.35. The predicted molar refractivity (Wildman–Crippen MR) is 330 cm³/mol. The van der Waals surface area contributed by atoms with Gasteiger partial charge in [-0.3, -0.25) is 14.4 Å². The van der Waals surface area contributed by atoms with Gasteiger partial charge in [-0.25, -0.2) is 0 Å². The van der Waals surface area contributed by atoms with E-state index in [0.29, 0.717) is 19.3 Å². The zero-order valence-corrected chi connectivity index (χ0v) is 50.8. The Kier molecular flexibility index (Phi) is 62.2. The van der Waals surface area contributed by atoms with Crippen LogP contribution in [-0.4, -0.2) is 37.2 Å². The fraction of sp³-hybridized carbons (Fsp3) is 0.814. The van der Waals surface area contributed by atoms with E-state index < -0.39 is 6.10 Å². The summed E-state index contributed by atoms with van der Waals surface area (Å²) in [6.45, 7) is 6.58. The van der Waals surface area contributed by atoms with Crippen molar-refractivity contribution in [1.29, 1.82) is 0 Å². The van der Waals surface area contributed by atoms with Gasteiger partial charge in [-0.2, -0.15) is 0 Å². The molecule has 0 amide bonds. The van der Waals surface area contributed by atoms with Crippen molar-refractivity contribution >= 4 is 17.9 Å². The van der Waals surface area contributed by atoms with Crippen molar-refractivity contribution in [3.63, 3.8) is 0 Å². The maximum Gasteiger partial charge on any atom is 0.306 e. The molecule has 0 fully saturated rings. The van der Waals surface area contributed by atoms with E-state index >= 15 is 0 Å². The average Bonchev–Trinajstić information content (AvgIpc) is 3.42. The maximum absolute atomic E-state index is 12.9. The highest BCUT2D eigenvalue weighted by Gasteiger charge is 2.19. The second kappa shape index (κ2) is 64.6. The fourth-order valence-electron chi connectivity index (χ4n) is 9.83. The van der Waals surface area contributed by atoms with Crippen LogP contribution in [0, 0.1) is 0 Å². The third kappa shape index (κ3) is 62.0. The summed E-state index contributed by atoms with van der Waals surface area (Å²) in [5, 5.41) is 0. The molecule has 6 heteroatoms. The molecule has 0 aromatic heterocycles. The van der Waals surface area contributed by atoms with Crippen LogP contribution < -0.4 is 0 Å². The van der Waals surface area contributed by atoms with Crippen molar-refractivity contribution in [2.45, 2.75) is 354 Å². The molecule has 0 aliphatic rings. The Morgan fingerprint density at radius 2 is 0.513 bits per heavy atom. The zero-order chi connectivity index (χ0) is 55.0. The van der Waals surface area contributed by atoms with E-state index in [2.05, 4.69) is 81.5 Å². The monoisotopic (exact) mass is 1060 g/mol. The van der Waals surface area contributed by atoms with E-state index in [0.717, 1.165) is 96.3 Å². The van der Waals surface area contributed by atoms with Gasteiger partial charge in [0.1, 0.15) is 13.2 Å². The minimum absolute atomic E-state index is 0.0724. The van der Waals surface area contributed by atoms with Crippen LogP contribution in [0.1, 0.15) is 348 Å². The van der Waals surface area contributed by atoms with Gasteiger partial charge >= 0.3 is 17.9 Å². The Bertz CT molecular complexity index is 1360. The van der Waals surface area contributed by atoms with E-state index in [1.807, 2.05) is 0 Å². The number of carbonyl (C=O) groups excluding carboxylic acids is 3. The number of allylic oxidation sites excluding steroid dienone is 10. The Hall–Kier alpha value is -2.89. The number of rotatable bonds is 61. The Labute approximate surface area is 472 Å². The molecular formula is C70H126O6. The quantitative estimate of drug-likeness (QED) is 0.0261. The summed E-state index contributed by atoms with van der Waals surface area (Å²) in [5.74, 6) is -0.859. The van der Waals surface area contributed by atoms with E-state index in [1.165, 1.54) is 212 Å². The molecule has 1 unspecified atom stereocenters. The highest BCUT2D eigenvalue weighted by molar-refractivity contribution is 5.71. The molecule has 1 atom stereocenters. The summed E-state index contributed by atoms with van der Waals surface area (Å²) in [7, 11) is 0. The van der Waals surface area contributed by atoms with Gasteiger partial charge in [0.2, 0.25) is 0 Å². The van der Waals surface area contributed by atoms with Gasteiger partial charge in [0.15, 0.2) is 6.10 Å². The van der Waals surface area contributed by atoms with E-state index in [4.69, 9.17) is 14.2 Å². The first-order valence-electron chi connectivity index (χ1n) is 33.3. The molecule has 0 aromatic rings. The number of carbonyl (C=O) groups is 3. The summed E-state index contributed by atoms with van der Waals surface area (Å²) >= 11 is 0. The van der Waals surface area contributed by atoms with Crippen LogP contribution in [0.15, 0.2) is 60.8 Å². The van der Waals surface area contributed by atoms with Crippen LogP contribution in [-0.2, 0) is 28.6 Å². The summed E-state index contributed by atoms with van der Waals surface area (Å²) in [5.41, 5.74) is 0. The van der Waals surface area contributed by atoms with Crippen LogP contribution >= 0.6 is 0 Å². The van der Waals surface area contributed by atoms with Gasteiger partial charge in [0, 0.05) is 19.3 Å². The molecule has 76 heavy (non-hydrogen) atoms. The molecule has 0 N–H and O–H groups in total. The molecule has 0 bridgehead atoms. The number of ether oxygens (including phenoxy) is 3. The highest BCUT2D eigenvalue weighted by atomic mass is 16.6. The van der Waals surface area contributed by atoms with Crippen LogP contribution in [0.2, 0.25) is 0 Å². The van der Waals surface area contributed by atoms with E-state index in [-0.39, 0.29) is 31.1 Å². The third-order valence-electron chi connectivity index (χ3n) is 14.8. The van der Waals surface area contributed by atoms with Crippen LogP contribution in [0.25, 0.3) is 0 Å². The van der Waals surface area contributed by atoms with Gasteiger partial charge in [-0.05, 0) is 64.2 Å². The second-order valence-electron chi connectivity index (χ2n) is 22.4. The van der Waals surface area contributed by atoms with E-state index in [9.17, 15) is 14.4 Å². The maximum atomic E-state index is 12.9. The first kappa shape index (κ1) is 73.1. The minimum atomic E-state index is -0.777. The van der Waals surface area contributed by atoms with Crippen molar-refractivity contribution in [2.24, 2.45) is 0 Å². The molecule has 442 valence electrons. The van der Waals surface area contributed by atoms with Gasteiger partial charge < -0.3 is 14.2 Å². The zero-order valence-electron chi connectivity index (χ0n) is 50.8. The van der Waals surface area contributed by atoms with Crippen LogP contribution in [0.5, 0.6) is 0 Å². The molecular weight excluding hydrogens is 937 g/mol.